The second kappa shape index (κ2) is 11.6. The van der Waals surface area contributed by atoms with Crippen molar-refractivity contribution < 1.29 is 14.3 Å². The smallest absolute Gasteiger partial charge is 0.261 e. The molecular formula is C24H31ClN2O3. The van der Waals surface area contributed by atoms with Gasteiger partial charge in [-0.3, -0.25) is 9.59 Å². The minimum absolute atomic E-state index is 0.145. The summed E-state index contributed by atoms with van der Waals surface area (Å²) < 4.78 is 5.69. The van der Waals surface area contributed by atoms with Gasteiger partial charge in [0.1, 0.15) is 11.8 Å². The Balaban J connectivity index is 2.11. The van der Waals surface area contributed by atoms with E-state index >= 15 is 0 Å². The van der Waals surface area contributed by atoms with Crippen molar-refractivity contribution in [3.8, 4) is 5.75 Å². The zero-order valence-electron chi connectivity index (χ0n) is 18.2. The zero-order chi connectivity index (χ0) is 22.1. The SMILES string of the molecule is CCc1ccc(OCC(=O)N(Cc2cccc(Cl)c2)C(C)C(=O)NCC(C)C)cc1. The number of nitrogens with zero attached hydrogens (tertiary/aromatic N) is 1. The van der Waals surface area contributed by atoms with E-state index in [9.17, 15) is 9.59 Å². The molecule has 1 atom stereocenters. The predicted octanol–water partition coefficient (Wildman–Crippen LogP) is 4.47. The number of hydrogen-bond donors (Lipinski definition) is 1. The van der Waals surface area contributed by atoms with E-state index in [1.807, 2.05) is 50.2 Å². The quantitative estimate of drug-likeness (QED) is 0.605. The number of benzene rings is 2. The summed E-state index contributed by atoms with van der Waals surface area (Å²) in [7, 11) is 0. The van der Waals surface area contributed by atoms with Crippen LogP contribution in [0.15, 0.2) is 48.5 Å². The lowest BCUT2D eigenvalue weighted by Crippen LogP contribution is -2.49. The highest BCUT2D eigenvalue weighted by molar-refractivity contribution is 6.30. The van der Waals surface area contributed by atoms with E-state index in [4.69, 9.17) is 16.3 Å². The van der Waals surface area contributed by atoms with Crippen molar-refractivity contribution in [1.29, 1.82) is 0 Å². The van der Waals surface area contributed by atoms with Gasteiger partial charge in [-0.25, -0.2) is 0 Å². The number of carbonyl (C=O) groups excluding carboxylic acids is 2. The molecule has 2 aromatic rings. The van der Waals surface area contributed by atoms with Gasteiger partial charge in [-0.1, -0.05) is 56.6 Å². The Labute approximate surface area is 184 Å². The predicted molar refractivity (Wildman–Crippen MR) is 121 cm³/mol. The van der Waals surface area contributed by atoms with Crippen molar-refractivity contribution >= 4 is 23.4 Å². The second-order valence-corrected chi connectivity index (χ2v) is 8.19. The summed E-state index contributed by atoms with van der Waals surface area (Å²) in [6.07, 6.45) is 0.940. The molecule has 0 saturated heterocycles. The van der Waals surface area contributed by atoms with Crippen LogP contribution in [0.25, 0.3) is 0 Å². The Hall–Kier alpha value is -2.53. The maximum absolute atomic E-state index is 13.0. The summed E-state index contributed by atoms with van der Waals surface area (Å²) in [5.74, 6) is 0.501. The molecule has 1 unspecified atom stereocenters. The molecule has 2 rings (SSSR count). The average molecular weight is 431 g/mol. The summed E-state index contributed by atoms with van der Waals surface area (Å²) >= 11 is 6.09. The molecule has 0 aliphatic carbocycles. The van der Waals surface area contributed by atoms with E-state index in [-0.39, 0.29) is 25.0 Å². The van der Waals surface area contributed by atoms with Crippen molar-refractivity contribution in [2.24, 2.45) is 5.92 Å². The number of amides is 2. The molecule has 162 valence electrons. The first-order valence-corrected chi connectivity index (χ1v) is 10.7. The van der Waals surface area contributed by atoms with Gasteiger partial charge < -0.3 is 15.0 Å². The number of nitrogens with one attached hydrogen (secondary N) is 1. The van der Waals surface area contributed by atoms with Crippen molar-refractivity contribution in [3.05, 3.63) is 64.7 Å². The molecule has 0 bridgehead atoms. The first-order chi connectivity index (χ1) is 14.3. The molecule has 0 radical (unpaired) electrons. The Morgan fingerprint density at radius 3 is 2.37 bits per heavy atom. The molecule has 0 fully saturated rings. The van der Waals surface area contributed by atoms with Crippen molar-refractivity contribution in [1.82, 2.24) is 10.2 Å². The number of carbonyl (C=O) groups is 2. The molecule has 2 aromatic carbocycles. The van der Waals surface area contributed by atoms with Crippen LogP contribution in [0.4, 0.5) is 0 Å². The maximum Gasteiger partial charge on any atom is 0.261 e. The van der Waals surface area contributed by atoms with Crippen LogP contribution >= 0.6 is 11.6 Å². The zero-order valence-corrected chi connectivity index (χ0v) is 18.9. The third-order valence-electron chi connectivity index (χ3n) is 4.79. The van der Waals surface area contributed by atoms with E-state index in [1.54, 1.807) is 19.1 Å². The largest absolute Gasteiger partial charge is 0.484 e. The molecule has 0 aliphatic heterocycles. The lowest BCUT2D eigenvalue weighted by atomic mass is 10.1. The number of aryl methyl sites for hydroxylation is 1. The number of ether oxygens (including phenoxy) is 1. The summed E-state index contributed by atoms with van der Waals surface area (Å²) in [6, 6.07) is 14.3. The van der Waals surface area contributed by atoms with Gasteiger partial charge in [0.25, 0.3) is 5.91 Å². The molecule has 1 N–H and O–H groups in total. The molecule has 0 heterocycles. The number of hydrogen-bond acceptors (Lipinski definition) is 3. The third kappa shape index (κ3) is 7.38. The fourth-order valence-electron chi connectivity index (χ4n) is 2.92. The molecule has 0 aromatic heterocycles. The van der Waals surface area contributed by atoms with Crippen LogP contribution in [0.5, 0.6) is 5.75 Å². The van der Waals surface area contributed by atoms with Crippen molar-refractivity contribution in [2.75, 3.05) is 13.2 Å². The molecule has 6 heteroatoms. The highest BCUT2D eigenvalue weighted by atomic mass is 35.5. The van der Waals surface area contributed by atoms with Crippen LogP contribution in [-0.4, -0.2) is 35.9 Å². The molecule has 0 saturated carbocycles. The van der Waals surface area contributed by atoms with E-state index < -0.39 is 6.04 Å². The fourth-order valence-corrected chi connectivity index (χ4v) is 3.13. The Morgan fingerprint density at radius 2 is 1.77 bits per heavy atom. The van der Waals surface area contributed by atoms with Gasteiger partial charge in [0.05, 0.1) is 0 Å². The lowest BCUT2D eigenvalue weighted by Gasteiger charge is -2.29. The van der Waals surface area contributed by atoms with Gasteiger partial charge in [0.15, 0.2) is 6.61 Å². The van der Waals surface area contributed by atoms with E-state index in [2.05, 4.69) is 12.2 Å². The number of rotatable bonds is 10. The van der Waals surface area contributed by atoms with Crippen LogP contribution in [0, 0.1) is 5.92 Å². The highest BCUT2D eigenvalue weighted by Crippen LogP contribution is 2.16. The van der Waals surface area contributed by atoms with E-state index in [0.29, 0.717) is 23.2 Å². The van der Waals surface area contributed by atoms with Gasteiger partial charge >= 0.3 is 0 Å². The minimum atomic E-state index is -0.638. The van der Waals surface area contributed by atoms with E-state index in [1.165, 1.54) is 10.5 Å². The highest BCUT2D eigenvalue weighted by Gasteiger charge is 2.26. The summed E-state index contributed by atoms with van der Waals surface area (Å²) in [6.45, 7) is 8.55. The van der Waals surface area contributed by atoms with Crippen molar-refractivity contribution in [2.45, 2.75) is 46.7 Å². The molecule has 30 heavy (non-hydrogen) atoms. The summed E-state index contributed by atoms with van der Waals surface area (Å²) in [5, 5.41) is 3.49. The fraction of sp³-hybridized carbons (Fsp3) is 0.417. The molecule has 0 aliphatic rings. The van der Waals surface area contributed by atoms with Crippen LogP contribution < -0.4 is 10.1 Å². The molecular weight excluding hydrogens is 400 g/mol. The molecule has 0 spiro atoms. The second-order valence-electron chi connectivity index (χ2n) is 7.75. The van der Waals surface area contributed by atoms with Crippen molar-refractivity contribution in [3.63, 3.8) is 0 Å². The van der Waals surface area contributed by atoms with Gasteiger partial charge in [-0.2, -0.15) is 0 Å². The average Bonchev–Trinajstić information content (AvgIpc) is 2.74. The van der Waals surface area contributed by atoms with Gasteiger partial charge in [0, 0.05) is 18.1 Å². The van der Waals surface area contributed by atoms with Gasteiger partial charge in [-0.05, 0) is 54.7 Å². The third-order valence-corrected chi connectivity index (χ3v) is 5.02. The van der Waals surface area contributed by atoms with Crippen LogP contribution in [-0.2, 0) is 22.6 Å². The van der Waals surface area contributed by atoms with Crippen LogP contribution in [0.1, 0.15) is 38.8 Å². The van der Waals surface area contributed by atoms with Gasteiger partial charge in [0.2, 0.25) is 5.91 Å². The summed E-state index contributed by atoms with van der Waals surface area (Å²) in [5.41, 5.74) is 2.05. The summed E-state index contributed by atoms with van der Waals surface area (Å²) in [4.78, 5) is 27.2. The van der Waals surface area contributed by atoms with Crippen LogP contribution in [0.2, 0.25) is 5.02 Å². The lowest BCUT2D eigenvalue weighted by molar-refractivity contribution is -0.142. The maximum atomic E-state index is 13.0. The Bertz CT molecular complexity index is 837. The van der Waals surface area contributed by atoms with E-state index in [0.717, 1.165) is 12.0 Å². The standard InChI is InChI=1S/C24H31ClN2O3/c1-5-19-9-11-22(12-10-19)30-16-23(28)27(15-20-7-6-8-21(25)13-20)18(4)24(29)26-14-17(2)3/h6-13,17-18H,5,14-16H2,1-4H3,(H,26,29). The monoisotopic (exact) mass is 430 g/mol. The molecule has 5 nitrogen and oxygen atoms in total. The Kier molecular flexibility index (Phi) is 9.18. The van der Waals surface area contributed by atoms with Gasteiger partial charge in [-0.15, -0.1) is 0 Å². The minimum Gasteiger partial charge on any atom is -0.484 e. The van der Waals surface area contributed by atoms with Crippen LogP contribution in [0.3, 0.4) is 0 Å². The first kappa shape index (κ1) is 23.7. The Morgan fingerprint density at radius 1 is 1.07 bits per heavy atom. The molecule has 2 amide bonds. The first-order valence-electron chi connectivity index (χ1n) is 10.3. The topological polar surface area (TPSA) is 58.6 Å². The number of halogens is 1. The normalized spacial score (nSPS) is 11.8.